The van der Waals surface area contributed by atoms with Crippen LogP contribution in [0.1, 0.15) is 38.5 Å². The van der Waals surface area contributed by atoms with E-state index in [1.165, 1.54) is 51.6 Å². The van der Waals surface area contributed by atoms with Crippen molar-refractivity contribution in [3.63, 3.8) is 0 Å². The van der Waals surface area contributed by atoms with Crippen molar-refractivity contribution in [3.05, 3.63) is 0 Å². The standard InChI is InChI=1S/C16H31N3O2/c1-2-4-16(3-1)21-14-20-13-18-9-5-15(6-10-18)19-11-7-17-8-12-19/h15-17H,1-14H2. The molecule has 1 saturated carbocycles. The van der Waals surface area contributed by atoms with Crippen LogP contribution >= 0.6 is 0 Å². The predicted molar refractivity (Wildman–Crippen MR) is 83.2 cm³/mol. The van der Waals surface area contributed by atoms with Crippen LogP contribution in [0, 0.1) is 0 Å². The van der Waals surface area contributed by atoms with Crippen LogP contribution in [0.5, 0.6) is 0 Å². The Balaban J connectivity index is 1.25. The molecule has 0 amide bonds. The smallest absolute Gasteiger partial charge is 0.148 e. The number of rotatable bonds is 6. The summed E-state index contributed by atoms with van der Waals surface area (Å²) in [5.41, 5.74) is 0. The molecule has 0 aromatic heterocycles. The van der Waals surface area contributed by atoms with Gasteiger partial charge >= 0.3 is 0 Å². The molecule has 5 heteroatoms. The molecule has 122 valence electrons. The lowest BCUT2D eigenvalue weighted by molar-refractivity contribution is -0.119. The van der Waals surface area contributed by atoms with Crippen molar-refractivity contribution < 1.29 is 9.47 Å². The summed E-state index contributed by atoms with van der Waals surface area (Å²) in [7, 11) is 0. The average Bonchev–Trinajstić information content (AvgIpc) is 3.06. The molecule has 2 heterocycles. The molecule has 2 aliphatic heterocycles. The van der Waals surface area contributed by atoms with Gasteiger partial charge in [-0.25, -0.2) is 0 Å². The normalized spacial score (nSPS) is 27.4. The van der Waals surface area contributed by atoms with Gasteiger partial charge in [-0.3, -0.25) is 9.80 Å². The Morgan fingerprint density at radius 1 is 0.905 bits per heavy atom. The minimum absolute atomic E-state index is 0.462. The van der Waals surface area contributed by atoms with E-state index in [0.29, 0.717) is 12.9 Å². The molecule has 1 N–H and O–H groups in total. The Bertz CT molecular complexity index is 283. The highest BCUT2D eigenvalue weighted by Gasteiger charge is 2.25. The Kier molecular flexibility index (Phi) is 6.30. The van der Waals surface area contributed by atoms with Gasteiger partial charge < -0.3 is 14.8 Å². The molecule has 0 spiro atoms. The molecule has 0 bridgehead atoms. The van der Waals surface area contributed by atoms with E-state index >= 15 is 0 Å². The van der Waals surface area contributed by atoms with Gasteiger partial charge in [-0.15, -0.1) is 0 Å². The fourth-order valence-corrected chi connectivity index (χ4v) is 3.83. The number of nitrogens with zero attached hydrogens (tertiary/aromatic N) is 2. The predicted octanol–water partition coefficient (Wildman–Crippen LogP) is 1.25. The molecule has 3 fully saturated rings. The molecule has 3 rings (SSSR count). The largest absolute Gasteiger partial charge is 0.352 e. The van der Waals surface area contributed by atoms with Crippen LogP contribution in [0.2, 0.25) is 0 Å². The van der Waals surface area contributed by atoms with E-state index in [-0.39, 0.29) is 0 Å². The van der Waals surface area contributed by atoms with E-state index in [0.717, 1.165) is 39.0 Å². The average molecular weight is 297 g/mol. The molecule has 0 unspecified atom stereocenters. The van der Waals surface area contributed by atoms with Gasteiger partial charge in [0.2, 0.25) is 0 Å². The summed E-state index contributed by atoms with van der Waals surface area (Å²) >= 11 is 0. The molecule has 1 aliphatic carbocycles. The van der Waals surface area contributed by atoms with Crippen molar-refractivity contribution in [1.29, 1.82) is 0 Å². The maximum atomic E-state index is 5.75. The Morgan fingerprint density at radius 2 is 1.62 bits per heavy atom. The van der Waals surface area contributed by atoms with Crippen LogP contribution in [-0.2, 0) is 9.47 Å². The fraction of sp³-hybridized carbons (Fsp3) is 1.00. The third-order valence-corrected chi connectivity index (χ3v) is 5.19. The zero-order valence-corrected chi connectivity index (χ0v) is 13.3. The summed E-state index contributed by atoms with van der Waals surface area (Å²) < 4.78 is 11.4. The van der Waals surface area contributed by atoms with Gasteiger partial charge in [-0.1, -0.05) is 12.8 Å². The van der Waals surface area contributed by atoms with E-state index in [1.54, 1.807) is 0 Å². The third-order valence-electron chi connectivity index (χ3n) is 5.19. The van der Waals surface area contributed by atoms with E-state index < -0.39 is 0 Å². The molecular formula is C16H31N3O2. The number of likely N-dealkylation sites (tertiary alicyclic amines) is 1. The van der Waals surface area contributed by atoms with Crippen LogP contribution in [-0.4, -0.2) is 74.7 Å². The van der Waals surface area contributed by atoms with E-state index in [9.17, 15) is 0 Å². The second-order valence-corrected chi connectivity index (χ2v) is 6.66. The van der Waals surface area contributed by atoms with Crippen LogP contribution < -0.4 is 5.32 Å². The van der Waals surface area contributed by atoms with Crippen molar-refractivity contribution >= 4 is 0 Å². The summed E-state index contributed by atoms with van der Waals surface area (Å²) in [5.74, 6) is 0. The molecule has 0 radical (unpaired) electrons. The maximum absolute atomic E-state index is 5.75. The number of hydrogen-bond donors (Lipinski definition) is 1. The first-order chi connectivity index (χ1) is 10.4. The van der Waals surface area contributed by atoms with Crippen molar-refractivity contribution in [1.82, 2.24) is 15.1 Å². The minimum atomic E-state index is 0.462. The number of piperidine rings is 1. The van der Waals surface area contributed by atoms with Crippen LogP contribution in [0.4, 0.5) is 0 Å². The highest BCUT2D eigenvalue weighted by Crippen LogP contribution is 2.21. The van der Waals surface area contributed by atoms with E-state index in [2.05, 4.69) is 15.1 Å². The molecule has 3 aliphatic rings. The van der Waals surface area contributed by atoms with E-state index in [1.807, 2.05) is 0 Å². The number of hydrogen-bond acceptors (Lipinski definition) is 5. The summed E-state index contributed by atoms with van der Waals surface area (Å²) in [6, 6.07) is 0.790. The first-order valence-corrected chi connectivity index (χ1v) is 8.78. The first kappa shape index (κ1) is 15.7. The second-order valence-electron chi connectivity index (χ2n) is 6.66. The monoisotopic (exact) mass is 297 g/mol. The van der Waals surface area contributed by atoms with Gasteiger partial charge in [0.1, 0.15) is 13.5 Å². The molecular weight excluding hydrogens is 266 g/mol. The van der Waals surface area contributed by atoms with Crippen molar-refractivity contribution in [2.45, 2.75) is 50.7 Å². The van der Waals surface area contributed by atoms with Crippen LogP contribution in [0.15, 0.2) is 0 Å². The zero-order valence-electron chi connectivity index (χ0n) is 13.3. The Labute approximate surface area is 128 Å². The quantitative estimate of drug-likeness (QED) is 0.590. The summed E-state index contributed by atoms with van der Waals surface area (Å²) in [6.07, 6.45) is 8.12. The summed E-state index contributed by atoms with van der Waals surface area (Å²) in [4.78, 5) is 5.09. The van der Waals surface area contributed by atoms with Gasteiger partial charge in [-0.05, 0) is 25.7 Å². The highest BCUT2D eigenvalue weighted by atomic mass is 16.7. The number of ether oxygens (including phenoxy) is 2. The molecule has 0 atom stereocenters. The maximum Gasteiger partial charge on any atom is 0.148 e. The van der Waals surface area contributed by atoms with Crippen molar-refractivity contribution in [3.8, 4) is 0 Å². The Morgan fingerprint density at radius 3 is 2.33 bits per heavy atom. The molecule has 2 saturated heterocycles. The van der Waals surface area contributed by atoms with Gasteiger partial charge in [0.05, 0.1) is 6.10 Å². The van der Waals surface area contributed by atoms with Crippen molar-refractivity contribution in [2.24, 2.45) is 0 Å². The SMILES string of the molecule is C1CCC(OCOCN2CCC(N3CCNCC3)CC2)C1. The van der Waals surface area contributed by atoms with Gasteiger partial charge in [0.25, 0.3) is 0 Å². The van der Waals surface area contributed by atoms with Gasteiger partial charge in [0, 0.05) is 45.3 Å². The molecule has 5 nitrogen and oxygen atoms in total. The number of nitrogens with one attached hydrogen (secondary N) is 1. The molecule has 0 aromatic carbocycles. The fourth-order valence-electron chi connectivity index (χ4n) is 3.83. The molecule has 0 aromatic rings. The minimum Gasteiger partial charge on any atom is -0.352 e. The lowest BCUT2D eigenvalue weighted by Gasteiger charge is -2.40. The van der Waals surface area contributed by atoms with Crippen molar-refractivity contribution in [2.75, 3.05) is 52.8 Å². The summed E-state index contributed by atoms with van der Waals surface area (Å²) in [6.45, 7) is 8.29. The topological polar surface area (TPSA) is 37.0 Å². The van der Waals surface area contributed by atoms with Crippen LogP contribution in [0.25, 0.3) is 0 Å². The first-order valence-electron chi connectivity index (χ1n) is 8.78. The second kappa shape index (κ2) is 8.44. The lowest BCUT2D eigenvalue weighted by atomic mass is 10.0. The van der Waals surface area contributed by atoms with E-state index in [4.69, 9.17) is 9.47 Å². The molecule has 21 heavy (non-hydrogen) atoms. The summed E-state index contributed by atoms with van der Waals surface area (Å²) in [5, 5.41) is 3.43. The van der Waals surface area contributed by atoms with Crippen LogP contribution in [0.3, 0.4) is 0 Å². The van der Waals surface area contributed by atoms with Gasteiger partial charge in [-0.2, -0.15) is 0 Å². The number of piperazine rings is 1. The third kappa shape index (κ3) is 4.89. The lowest BCUT2D eigenvalue weighted by Crippen LogP contribution is -2.52. The highest BCUT2D eigenvalue weighted by molar-refractivity contribution is 4.81. The van der Waals surface area contributed by atoms with Gasteiger partial charge in [0.15, 0.2) is 0 Å². The Hall–Kier alpha value is -0.200. The zero-order chi connectivity index (χ0) is 14.3.